The third kappa shape index (κ3) is 5.32. The number of hydrogen-bond donors (Lipinski definition) is 2. The summed E-state index contributed by atoms with van der Waals surface area (Å²) in [5.74, 6) is -0.588. The van der Waals surface area contributed by atoms with Crippen LogP contribution in [0.25, 0.3) is 0 Å². The number of benzene rings is 1. The Morgan fingerprint density at radius 3 is 2.55 bits per heavy atom. The number of carbonyl (C=O) groups is 2. The van der Waals surface area contributed by atoms with Crippen LogP contribution in [0.4, 0.5) is 5.69 Å². The van der Waals surface area contributed by atoms with Crippen LogP contribution in [0.5, 0.6) is 0 Å². The van der Waals surface area contributed by atoms with Gasteiger partial charge in [0.15, 0.2) is 0 Å². The fourth-order valence-corrected chi connectivity index (χ4v) is 3.20. The van der Waals surface area contributed by atoms with Crippen LogP contribution in [0, 0.1) is 6.92 Å². The van der Waals surface area contributed by atoms with Crippen molar-refractivity contribution in [3.8, 4) is 0 Å². The van der Waals surface area contributed by atoms with Crippen molar-refractivity contribution in [2.75, 3.05) is 31.0 Å². The van der Waals surface area contributed by atoms with Crippen molar-refractivity contribution in [3.63, 3.8) is 0 Å². The number of sulfonamides is 1. The summed E-state index contributed by atoms with van der Waals surface area (Å²) in [7, 11) is -0.987. The Morgan fingerprint density at radius 2 is 1.95 bits per heavy atom. The number of aryl methyl sites for hydroxylation is 1. The van der Waals surface area contributed by atoms with Gasteiger partial charge in [-0.15, -0.1) is 11.8 Å². The molecule has 0 aromatic heterocycles. The van der Waals surface area contributed by atoms with Gasteiger partial charge in [-0.2, -0.15) is 0 Å². The predicted molar refractivity (Wildman–Crippen MR) is 85.4 cm³/mol. The van der Waals surface area contributed by atoms with E-state index in [1.165, 1.54) is 20.2 Å². The minimum absolute atomic E-state index is 0.0666. The molecule has 1 aromatic carbocycles. The van der Waals surface area contributed by atoms with E-state index in [1.807, 2.05) is 0 Å². The highest BCUT2D eigenvalue weighted by molar-refractivity contribution is 8.00. The molecule has 0 bridgehead atoms. The van der Waals surface area contributed by atoms with Gasteiger partial charge < -0.3 is 10.1 Å². The Bertz CT molecular complexity index is 658. The monoisotopic (exact) mass is 346 g/mol. The summed E-state index contributed by atoms with van der Waals surface area (Å²) >= 11 is 1.11. The molecule has 1 rings (SSSR count). The van der Waals surface area contributed by atoms with Gasteiger partial charge >= 0.3 is 5.97 Å². The molecule has 9 heteroatoms. The number of carbonyl (C=O) groups excluding carboxylic acids is 2. The first-order valence-electron chi connectivity index (χ1n) is 6.28. The van der Waals surface area contributed by atoms with Gasteiger partial charge in [0.1, 0.15) is 0 Å². The molecule has 1 amide bonds. The zero-order chi connectivity index (χ0) is 16.8. The molecule has 2 N–H and O–H groups in total. The summed E-state index contributed by atoms with van der Waals surface area (Å²) in [4.78, 5) is 22.8. The van der Waals surface area contributed by atoms with Crippen molar-refractivity contribution in [3.05, 3.63) is 23.8 Å². The van der Waals surface area contributed by atoms with Gasteiger partial charge in [-0.05, 0) is 31.7 Å². The molecule has 0 saturated heterocycles. The molecule has 0 spiro atoms. The van der Waals surface area contributed by atoms with Crippen LogP contribution < -0.4 is 10.0 Å². The molecule has 0 fully saturated rings. The van der Waals surface area contributed by atoms with Gasteiger partial charge in [0.25, 0.3) is 0 Å². The van der Waals surface area contributed by atoms with E-state index in [-0.39, 0.29) is 22.3 Å². The van der Waals surface area contributed by atoms with E-state index in [4.69, 9.17) is 0 Å². The van der Waals surface area contributed by atoms with Gasteiger partial charge in [0, 0.05) is 5.69 Å². The number of nitrogens with one attached hydrogen (secondary N) is 2. The Hall–Kier alpha value is -1.58. The maximum absolute atomic E-state index is 11.9. The van der Waals surface area contributed by atoms with Gasteiger partial charge in [0.2, 0.25) is 15.9 Å². The first-order valence-corrected chi connectivity index (χ1v) is 8.92. The number of esters is 1. The van der Waals surface area contributed by atoms with Crippen LogP contribution in [0.1, 0.15) is 5.56 Å². The number of ether oxygens (including phenoxy) is 1. The predicted octanol–water partition coefficient (Wildman–Crippen LogP) is 0.748. The standard InChI is InChI=1S/C13H18N2O5S2/c1-9-4-5-10(6-11(9)22(18,19)14-2)15-12(16)7-21-8-13(17)20-3/h4-6,14H,7-8H2,1-3H3,(H,15,16). The lowest BCUT2D eigenvalue weighted by Crippen LogP contribution is -2.20. The molecule has 1 aromatic rings. The van der Waals surface area contributed by atoms with Crippen LogP contribution in [-0.2, 0) is 24.3 Å². The number of hydrogen-bond acceptors (Lipinski definition) is 6. The zero-order valence-corrected chi connectivity index (χ0v) is 14.1. The van der Waals surface area contributed by atoms with Gasteiger partial charge in [-0.1, -0.05) is 6.07 Å². The van der Waals surface area contributed by atoms with E-state index in [0.29, 0.717) is 11.3 Å². The van der Waals surface area contributed by atoms with Crippen LogP contribution >= 0.6 is 11.8 Å². The summed E-state index contributed by atoms with van der Waals surface area (Å²) in [5, 5.41) is 2.59. The summed E-state index contributed by atoms with van der Waals surface area (Å²) in [6, 6.07) is 4.62. The third-order valence-corrected chi connectivity index (χ3v) is 5.17. The number of methoxy groups -OCH3 is 1. The first kappa shape index (κ1) is 18.5. The molecule has 0 unspecified atom stereocenters. The van der Waals surface area contributed by atoms with Gasteiger partial charge in [0.05, 0.1) is 23.5 Å². The second-order valence-corrected chi connectivity index (χ2v) is 7.15. The van der Waals surface area contributed by atoms with Gasteiger partial charge in [-0.25, -0.2) is 13.1 Å². The number of rotatable bonds is 7. The van der Waals surface area contributed by atoms with Crippen molar-refractivity contribution < 1.29 is 22.7 Å². The molecule has 22 heavy (non-hydrogen) atoms. The molecule has 122 valence electrons. The van der Waals surface area contributed by atoms with E-state index >= 15 is 0 Å². The van der Waals surface area contributed by atoms with E-state index < -0.39 is 16.0 Å². The molecule has 0 aliphatic rings. The van der Waals surface area contributed by atoms with E-state index in [0.717, 1.165) is 11.8 Å². The van der Waals surface area contributed by atoms with Crippen LogP contribution in [-0.4, -0.2) is 46.0 Å². The first-order chi connectivity index (χ1) is 10.3. The SMILES string of the molecule is CNS(=O)(=O)c1cc(NC(=O)CSCC(=O)OC)ccc1C. The van der Waals surface area contributed by atoms with Gasteiger partial charge in [-0.3, -0.25) is 9.59 Å². The second kappa shape index (κ2) is 8.16. The summed E-state index contributed by atoms with van der Waals surface area (Å²) < 4.78 is 30.4. The minimum atomic E-state index is -3.59. The largest absolute Gasteiger partial charge is 0.468 e. The van der Waals surface area contributed by atoms with Crippen molar-refractivity contribution >= 4 is 39.3 Å². The third-order valence-electron chi connectivity index (χ3n) is 2.71. The minimum Gasteiger partial charge on any atom is -0.468 e. The maximum Gasteiger partial charge on any atom is 0.315 e. The van der Waals surface area contributed by atoms with Crippen LogP contribution in [0.3, 0.4) is 0 Å². The molecular formula is C13H18N2O5S2. The zero-order valence-electron chi connectivity index (χ0n) is 12.5. The lowest BCUT2D eigenvalue weighted by molar-refractivity contribution is -0.137. The number of anilines is 1. The molecule has 0 aliphatic heterocycles. The van der Waals surface area contributed by atoms with E-state index in [2.05, 4.69) is 14.8 Å². The highest BCUT2D eigenvalue weighted by Crippen LogP contribution is 2.20. The topological polar surface area (TPSA) is 102 Å². The smallest absolute Gasteiger partial charge is 0.315 e. The fourth-order valence-electron chi connectivity index (χ4n) is 1.56. The Morgan fingerprint density at radius 1 is 1.27 bits per heavy atom. The lowest BCUT2D eigenvalue weighted by atomic mass is 10.2. The summed E-state index contributed by atoms with van der Waals surface area (Å²) in [6.45, 7) is 1.67. The fraction of sp³-hybridized carbons (Fsp3) is 0.385. The summed E-state index contributed by atoms with van der Waals surface area (Å²) in [6.07, 6.45) is 0. The number of thioether (sulfide) groups is 1. The highest BCUT2D eigenvalue weighted by atomic mass is 32.2. The molecule has 0 heterocycles. The highest BCUT2D eigenvalue weighted by Gasteiger charge is 2.15. The lowest BCUT2D eigenvalue weighted by Gasteiger charge is -2.10. The van der Waals surface area contributed by atoms with Crippen LogP contribution in [0.2, 0.25) is 0 Å². The van der Waals surface area contributed by atoms with E-state index in [1.54, 1.807) is 19.1 Å². The normalized spacial score (nSPS) is 11.0. The molecular weight excluding hydrogens is 328 g/mol. The molecule has 0 aliphatic carbocycles. The molecule has 7 nitrogen and oxygen atoms in total. The molecule has 0 radical (unpaired) electrons. The van der Waals surface area contributed by atoms with Crippen molar-refractivity contribution in [2.45, 2.75) is 11.8 Å². The summed E-state index contributed by atoms with van der Waals surface area (Å²) in [5.41, 5.74) is 0.954. The average molecular weight is 346 g/mol. The molecule has 0 atom stereocenters. The van der Waals surface area contributed by atoms with Crippen molar-refractivity contribution in [1.29, 1.82) is 0 Å². The number of amides is 1. The van der Waals surface area contributed by atoms with Crippen molar-refractivity contribution in [1.82, 2.24) is 4.72 Å². The Balaban J connectivity index is 2.73. The second-order valence-electron chi connectivity index (χ2n) is 4.30. The maximum atomic E-state index is 11.9. The molecule has 0 saturated carbocycles. The van der Waals surface area contributed by atoms with Crippen molar-refractivity contribution in [2.24, 2.45) is 0 Å². The Kier molecular flexibility index (Phi) is 6.85. The average Bonchev–Trinajstić information content (AvgIpc) is 2.48. The Labute approximate surface area is 133 Å². The van der Waals surface area contributed by atoms with Crippen LogP contribution in [0.15, 0.2) is 23.1 Å². The van der Waals surface area contributed by atoms with E-state index in [9.17, 15) is 18.0 Å². The quantitative estimate of drug-likeness (QED) is 0.707.